The summed E-state index contributed by atoms with van der Waals surface area (Å²) in [6.07, 6.45) is -4.55. The summed E-state index contributed by atoms with van der Waals surface area (Å²) >= 11 is 5.89. The number of nitrogens with one attached hydrogen (secondary N) is 1. The Hall–Kier alpha value is -2.65. The smallest absolute Gasteiger partial charge is 0.336 e. The molecule has 3 rings (SSSR count). The van der Waals surface area contributed by atoms with E-state index in [4.69, 9.17) is 11.6 Å². The molecule has 0 saturated carbocycles. The van der Waals surface area contributed by atoms with Crippen LogP contribution in [0.25, 0.3) is 0 Å². The first-order valence-electron chi connectivity index (χ1n) is 9.08. The highest BCUT2D eigenvalue weighted by Gasteiger charge is 2.31. The van der Waals surface area contributed by atoms with Gasteiger partial charge >= 0.3 is 6.18 Å². The molecule has 0 spiro atoms. The van der Waals surface area contributed by atoms with Gasteiger partial charge in [0, 0.05) is 26.2 Å². The molecule has 2 amide bonds. The first-order chi connectivity index (χ1) is 14.1. The van der Waals surface area contributed by atoms with Gasteiger partial charge in [-0.1, -0.05) is 23.7 Å². The third kappa shape index (κ3) is 5.28. The van der Waals surface area contributed by atoms with E-state index in [-0.39, 0.29) is 22.8 Å². The molecule has 1 fully saturated rings. The molecule has 5 nitrogen and oxygen atoms in total. The molecular weight excluding hydrogens is 426 g/mol. The Morgan fingerprint density at radius 2 is 1.70 bits per heavy atom. The minimum atomic E-state index is -4.55. The fourth-order valence-corrected chi connectivity index (χ4v) is 3.27. The zero-order chi connectivity index (χ0) is 21.9. The second-order valence-corrected chi connectivity index (χ2v) is 7.20. The first-order valence-corrected chi connectivity index (χ1v) is 9.45. The summed E-state index contributed by atoms with van der Waals surface area (Å²) in [7, 11) is 0. The number of piperazine rings is 1. The van der Waals surface area contributed by atoms with Gasteiger partial charge in [-0.2, -0.15) is 13.2 Å². The van der Waals surface area contributed by atoms with E-state index in [9.17, 15) is 27.2 Å². The number of halogens is 5. The van der Waals surface area contributed by atoms with Crippen molar-refractivity contribution in [2.24, 2.45) is 0 Å². The van der Waals surface area contributed by atoms with Crippen molar-refractivity contribution in [2.45, 2.75) is 6.18 Å². The van der Waals surface area contributed by atoms with Crippen LogP contribution >= 0.6 is 11.6 Å². The summed E-state index contributed by atoms with van der Waals surface area (Å²) in [5, 5.41) is 2.39. The van der Waals surface area contributed by atoms with Crippen LogP contribution in [-0.4, -0.2) is 54.3 Å². The number of anilines is 1. The molecule has 0 aliphatic carbocycles. The minimum Gasteiger partial charge on any atom is -0.336 e. The Kier molecular flexibility index (Phi) is 6.62. The molecule has 1 N–H and O–H groups in total. The Labute approximate surface area is 175 Å². The van der Waals surface area contributed by atoms with E-state index < -0.39 is 29.4 Å². The standard InChI is InChI=1S/C20H18ClF4N3O2/c21-15-6-5-13(20(23,24)25)11-17(15)26-18(29)12-27-7-9-28(10-8-27)19(30)14-3-1-2-4-16(14)22/h1-6,11H,7-10,12H2,(H,26,29). The minimum absolute atomic E-state index is 0.00310. The number of carbonyl (C=O) groups excluding carboxylic acids is 2. The van der Waals surface area contributed by atoms with Crippen LogP contribution in [0, 0.1) is 5.82 Å². The van der Waals surface area contributed by atoms with E-state index in [0.29, 0.717) is 26.2 Å². The SMILES string of the molecule is O=C(CN1CCN(C(=O)c2ccccc2F)CC1)Nc1cc(C(F)(F)F)ccc1Cl. The van der Waals surface area contributed by atoms with Gasteiger partial charge in [0.25, 0.3) is 5.91 Å². The van der Waals surface area contributed by atoms with Crippen molar-refractivity contribution in [1.29, 1.82) is 0 Å². The third-order valence-electron chi connectivity index (χ3n) is 4.70. The van der Waals surface area contributed by atoms with Gasteiger partial charge in [0.05, 0.1) is 28.4 Å². The van der Waals surface area contributed by atoms with Gasteiger partial charge in [0.2, 0.25) is 5.91 Å². The third-order valence-corrected chi connectivity index (χ3v) is 5.03. The van der Waals surface area contributed by atoms with Crippen molar-refractivity contribution in [3.63, 3.8) is 0 Å². The van der Waals surface area contributed by atoms with Crippen molar-refractivity contribution in [3.05, 3.63) is 64.4 Å². The second-order valence-electron chi connectivity index (χ2n) is 6.79. The molecule has 1 aliphatic rings. The van der Waals surface area contributed by atoms with E-state index >= 15 is 0 Å². The van der Waals surface area contributed by atoms with Crippen LogP contribution in [-0.2, 0) is 11.0 Å². The van der Waals surface area contributed by atoms with Crippen molar-refractivity contribution >= 4 is 29.1 Å². The van der Waals surface area contributed by atoms with Crippen LogP contribution < -0.4 is 5.32 Å². The van der Waals surface area contributed by atoms with Gasteiger partial charge in [-0.3, -0.25) is 14.5 Å². The van der Waals surface area contributed by atoms with Crippen molar-refractivity contribution < 1.29 is 27.2 Å². The molecule has 2 aromatic carbocycles. The van der Waals surface area contributed by atoms with Gasteiger partial charge in [-0.05, 0) is 30.3 Å². The van der Waals surface area contributed by atoms with E-state index in [1.807, 2.05) is 0 Å². The average Bonchev–Trinajstić information content (AvgIpc) is 2.69. The van der Waals surface area contributed by atoms with Gasteiger partial charge in [0.1, 0.15) is 5.82 Å². The Morgan fingerprint density at radius 3 is 2.33 bits per heavy atom. The highest BCUT2D eigenvalue weighted by atomic mass is 35.5. The Balaban J connectivity index is 1.55. The lowest BCUT2D eigenvalue weighted by Gasteiger charge is -2.34. The van der Waals surface area contributed by atoms with E-state index in [0.717, 1.165) is 18.2 Å². The van der Waals surface area contributed by atoms with Crippen LogP contribution in [0.1, 0.15) is 15.9 Å². The molecule has 10 heteroatoms. The van der Waals surface area contributed by atoms with Crippen LogP contribution in [0.2, 0.25) is 5.02 Å². The van der Waals surface area contributed by atoms with Crippen LogP contribution in [0.15, 0.2) is 42.5 Å². The largest absolute Gasteiger partial charge is 0.416 e. The van der Waals surface area contributed by atoms with Gasteiger partial charge in [-0.25, -0.2) is 4.39 Å². The molecule has 1 heterocycles. The highest BCUT2D eigenvalue weighted by Crippen LogP contribution is 2.33. The maximum Gasteiger partial charge on any atom is 0.416 e. The quantitative estimate of drug-likeness (QED) is 0.729. The zero-order valence-corrected chi connectivity index (χ0v) is 16.4. The van der Waals surface area contributed by atoms with Crippen molar-refractivity contribution in [1.82, 2.24) is 9.80 Å². The van der Waals surface area contributed by atoms with E-state index in [1.165, 1.54) is 23.1 Å². The lowest BCUT2D eigenvalue weighted by molar-refractivity contribution is -0.137. The van der Waals surface area contributed by atoms with Crippen LogP contribution in [0.5, 0.6) is 0 Å². The number of hydrogen-bond donors (Lipinski definition) is 1. The number of hydrogen-bond acceptors (Lipinski definition) is 3. The van der Waals surface area contributed by atoms with Crippen molar-refractivity contribution in [2.75, 3.05) is 38.0 Å². The predicted molar refractivity (Wildman–Crippen MR) is 104 cm³/mol. The topological polar surface area (TPSA) is 52.7 Å². The number of amides is 2. The zero-order valence-electron chi connectivity index (χ0n) is 15.7. The second kappa shape index (κ2) is 9.01. The molecule has 0 atom stereocenters. The fraction of sp³-hybridized carbons (Fsp3) is 0.300. The molecule has 0 unspecified atom stereocenters. The summed E-state index contributed by atoms with van der Waals surface area (Å²) < 4.78 is 52.3. The van der Waals surface area contributed by atoms with Crippen molar-refractivity contribution in [3.8, 4) is 0 Å². The summed E-state index contributed by atoms with van der Waals surface area (Å²) in [4.78, 5) is 27.9. The Bertz CT molecular complexity index is 944. The molecule has 1 saturated heterocycles. The van der Waals surface area contributed by atoms with Crippen LogP contribution in [0.4, 0.5) is 23.2 Å². The normalized spacial score (nSPS) is 15.2. The fourth-order valence-electron chi connectivity index (χ4n) is 3.10. The van der Waals surface area contributed by atoms with E-state index in [1.54, 1.807) is 11.0 Å². The lowest BCUT2D eigenvalue weighted by Crippen LogP contribution is -2.50. The molecule has 0 bridgehead atoms. The number of carbonyl (C=O) groups is 2. The molecule has 1 aliphatic heterocycles. The molecule has 30 heavy (non-hydrogen) atoms. The molecule has 2 aromatic rings. The first kappa shape index (κ1) is 22.0. The maximum absolute atomic E-state index is 13.8. The monoisotopic (exact) mass is 443 g/mol. The predicted octanol–water partition coefficient (Wildman–Crippen LogP) is 3.89. The summed E-state index contributed by atoms with van der Waals surface area (Å²) in [6, 6.07) is 8.40. The molecule has 160 valence electrons. The van der Waals surface area contributed by atoms with E-state index in [2.05, 4.69) is 5.32 Å². The van der Waals surface area contributed by atoms with Crippen LogP contribution in [0.3, 0.4) is 0 Å². The lowest BCUT2D eigenvalue weighted by atomic mass is 10.1. The maximum atomic E-state index is 13.8. The summed E-state index contributed by atoms with van der Waals surface area (Å²) in [5.41, 5.74) is -1.05. The number of alkyl halides is 3. The number of nitrogens with zero attached hydrogens (tertiary/aromatic N) is 2. The summed E-state index contributed by atoms with van der Waals surface area (Å²) in [6.45, 7) is 1.25. The molecule has 0 radical (unpaired) electrons. The van der Waals surface area contributed by atoms with Gasteiger partial charge in [0.15, 0.2) is 0 Å². The van der Waals surface area contributed by atoms with Gasteiger partial charge < -0.3 is 10.2 Å². The molecule has 0 aromatic heterocycles. The highest BCUT2D eigenvalue weighted by molar-refractivity contribution is 6.33. The average molecular weight is 444 g/mol. The summed E-state index contributed by atoms with van der Waals surface area (Å²) in [5.74, 6) is -1.54. The number of benzene rings is 2. The molecular formula is C20H18ClF4N3O2. The Morgan fingerprint density at radius 1 is 1.03 bits per heavy atom. The van der Waals surface area contributed by atoms with Gasteiger partial charge in [-0.15, -0.1) is 0 Å². The number of rotatable bonds is 4.